The number of carbonyl (C=O) groups is 1. The number of ether oxygens (including phenoxy) is 1. The summed E-state index contributed by atoms with van der Waals surface area (Å²) in [7, 11) is 1.64. The number of hydrogen-bond donors (Lipinski definition) is 2. The van der Waals surface area contributed by atoms with Crippen molar-refractivity contribution in [2.75, 3.05) is 19.0 Å². The van der Waals surface area contributed by atoms with Crippen LogP contribution in [0.1, 0.15) is 29.4 Å². The number of urea groups is 1. The van der Waals surface area contributed by atoms with Crippen LogP contribution in [0.25, 0.3) is 0 Å². The monoisotopic (exact) mass is 377 g/mol. The quantitative estimate of drug-likeness (QED) is 0.688. The minimum atomic E-state index is -0.187. The number of likely N-dealkylation sites (tertiary alicyclic amines) is 1. The highest BCUT2D eigenvalue weighted by molar-refractivity contribution is 5.88. The number of carbonyl (C=O) groups excluding carboxylic acids is 1. The van der Waals surface area contributed by atoms with Crippen molar-refractivity contribution in [3.05, 3.63) is 71.5 Å². The number of aryl methyl sites for hydroxylation is 2. The number of nitrogens with one attached hydrogen (secondary N) is 2. The molecule has 7 heteroatoms. The van der Waals surface area contributed by atoms with Crippen LogP contribution in [-0.2, 0) is 12.8 Å². The lowest BCUT2D eigenvalue weighted by Crippen LogP contribution is -2.47. The van der Waals surface area contributed by atoms with Crippen LogP contribution in [0.5, 0.6) is 5.75 Å². The van der Waals surface area contributed by atoms with Crippen LogP contribution in [0.2, 0.25) is 0 Å². The van der Waals surface area contributed by atoms with E-state index >= 15 is 0 Å². The highest BCUT2D eigenvalue weighted by atomic mass is 16.5. The first-order valence-electron chi connectivity index (χ1n) is 9.40. The van der Waals surface area contributed by atoms with E-state index < -0.39 is 0 Å². The van der Waals surface area contributed by atoms with E-state index in [1.54, 1.807) is 12.0 Å². The Bertz CT molecular complexity index is 941. The smallest absolute Gasteiger partial charge is 0.324 e. The fourth-order valence-electron chi connectivity index (χ4n) is 3.36. The van der Waals surface area contributed by atoms with Crippen LogP contribution >= 0.6 is 0 Å². The molecule has 1 aliphatic heterocycles. The summed E-state index contributed by atoms with van der Waals surface area (Å²) < 4.78 is 5.28. The van der Waals surface area contributed by atoms with Crippen LogP contribution in [0.15, 0.2) is 54.6 Å². The van der Waals surface area contributed by atoms with Crippen molar-refractivity contribution in [3.63, 3.8) is 0 Å². The third-order valence-electron chi connectivity index (χ3n) is 5.00. The molecule has 28 heavy (non-hydrogen) atoms. The molecule has 1 atom stereocenters. The van der Waals surface area contributed by atoms with Gasteiger partial charge >= 0.3 is 6.03 Å². The van der Waals surface area contributed by atoms with E-state index in [1.807, 2.05) is 42.5 Å². The second-order valence-electron chi connectivity index (χ2n) is 6.80. The van der Waals surface area contributed by atoms with Gasteiger partial charge in [0.05, 0.1) is 13.2 Å². The second-order valence-corrected chi connectivity index (χ2v) is 6.80. The number of benzene rings is 2. The molecular formula is C21H23N5O2. The standard InChI is InChI=1S/C21H23N5O2/c1-28-17-9-5-8-16(14-17)18-12-13-26(18)21(27)23-20-22-19(24-25-20)11-10-15-6-3-2-4-7-15/h2-9,14,18H,10-13H2,1H3,(H2,22,23,24,25,27)/t18-/m1/s1. The van der Waals surface area contributed by atoms with Crippen molar-refractivity contribution >= 4 is 12.0 Å². The molecular weight excluding hydrogens is 354 g/mol. The third kappa shape index (κ3) is 3.98. The van der Waals surface area contributed by atoms with Gasteiger partial charge in [0.2, 0.25) is 5.95 Å². The molecule has 0 bridgehead atoms. The van der Waals surface area contributed by atoms with Crippen molar-refractivity contribution in [3.8, 4) is 5.75 Å². The van der Waals surface area contributed by atoms with Gasteiger partial charge in [0.1, 0.15) is 11.6 Å². The molecule has 1 fully saturated rings. The zero-order chi connectivity index (χ0) is 19.3. The van der Waals surface area contributed by atoms with E-state index in [9.17, 15) is 4.79 Å². The zero-order valence-electron chi connectivity index (χ0n) is 15.8. The maximum atomic E-state index is 12.6. The topological polar surface area (TPSA) is 83.1 Å². The third-order valence-corrected chi connectivity index (χ3v) is 5.00. The van der Waals surface area contributed by atoms with E-state index in [0.717, 1.165) is 36.4 Å². The molecule has 0 aliphatic carbocycles. The number of hydrogen-bond acceptors (Lipinski definition) is 4. The number of nitrogens with zero attached hydrogens (tertiary/aromatic N) is 3. The maximum absolute atomic E-state index is 12.6. The fourth-order valence-corrected chi connectivity index (χ4v) is 3.36. The Morgan fingerprint density at radius 1 is 1.21 bits per heavy atom. The van der Waals surface area contributed by atoms with Crippen molar-refractivity contribution in [1.82, 2.24) is 20.1 Å². The summed E-state index contributed by atoms with van der Waals surface area (Å²) in [6.45, 7) is 0.707. The minimum Gasteiger partial charge on any atom is -0.497 e. The van der Waals surface area contributed by atoms with Gasteiger partial charge in [-0.25, -0.2) is 4.79 Å². The van der Waals surface area contributed by atoms with E-state index in [0.29, 0.717) is 12.5 Å². The number of aromatic amines is 1. The van der Waals surface area contributed by atoms with Gasteiger partial charge < -0.3 is 9.64 Å². The second kappa shape index (κ2) is 8.12. The van der Waals surface area contributed by atoms with Crippen LogP contribution in [-0.4, -0.2) is 39.8 Å². The summed E-state index contributed by atoms with van der Waals surface area (Å²) in [5, 5.41) is 9.82. The van der Waals surface area contributed by atoms with Gasteiger partial charge in [-0.2, -0.15) is 4.98 Å². The minimum absolute atomic E-state index is 0.0478. The first kappa shape index (κ1) is 18.0. The molecule has 7 nitrogen and oxygen atoms in total. The van der Waals surface area contributed by atoms with Gasteiger partial charge in [-0.3, -0.25) is 10.4 Å². The van der Waals surface area contributed by atoms with Gasteiger partial charge in [0.25, 0.3) is 0 Å². The molecule has 144 valence electrons. The van der Waals surface area contributed by atoms with Crippen LogP contribution < -0.4 is 10.1 Å². The van der Waals surface area contributed by atoms with Gasteiger partial charge in [-0.1, -0.05) is 42.5 Å². The van der Waals surface area contributed by atoms with Gasteiger partial charge in [0.15, 0.2) is 0 Å². The molecule has 2 N–H and O–H groups in total. The van der Waals surface area contributed by atoms with E-state index in [2.05, 4.69) is 32.6 Å². The lowest BCUT2D eigenvalue weighted by molar-refractivity contribution is 0.126. The maximum Gasteiger partial charge on any atom is 0.324 e. The first-order valence-corrected chi connectivity index (χ1v) is 9.40. The first-order chi connectivity index (χ1) is 13.7. The highest BCUT2D eigenvalue weighted by Crippen LogP contribution is 2.34. The molecule has 0 spiro atoms. The summed E-state index contributed by atoms with van der Waals surface area (Å²) in [5.74, 6) is 1.86. The fraction of sp³-hybridized carbons (Fsp3) is 0.286. The SMILES string of the molecule is COc1cccc([C@H]2CCN2C(=O)Nc2n[nH]c(CCc3ccccc3)n2)c1. The number of H-pyrrole nitrogens is 1. The highest BCUT2D eigenvalue weighted by Gasteiger charge is 2.34. The van der Waals surface area contributed by atoms with E-state index in [4.69, 9.17) is 4.74 Å². The van der Waals surface area contributed by atoms with E-state index in [1.165, 1.54) is 5.56 Å². The van der Waals surface area contributed by atoms with Crippen LogP contribution in [0.3, 0.4) is 0 Å². The molecule has 1 aliphatic rings. The van der Waals surface area contributed by atoms with Crippen LogP contribution in [0.4, 0.5) is 10.7 Å². The van der Waals surface area contributed by atoms with Crippen molar-refractivity contribution in [2.45, 2.75) is 25.3 Å². The van der Waals surface area contributed by atoms with Gasteiger partial charge in [-0.05, 0) is 36.1 Å². The Morgan fingerprint density at radius 3 is 2.82 bits per heavy atom. The largest absolute Gasteiger partial charge is 0.497 e. The Kier molecular flexibility index (Phi) is 5.23. The molecule has 1 saturated heterocycles. The summed E-state index contributed by atoms with van der Waals surface area (Å²) in [6.07, 6.45) is 2.54. The normalized spacial score (nSPS) is 15.8. The summed E-state index contributed by atoms with van der Waals surface area (Å²) in [5.41, 5.74) is 2.31. The Balaban J connectivity index is 1.34. The molecule has 1 aromatic heterocycles. The molecule has 2 aromatic carbocycles. The molecule has 4 rings (SSSR count). The molecule has 2 heterocycles. The molecule has 2 amide bonds. The number of aromatic nitrogens is 3. The predicted octanol–water partition coefficient (Wildman–Crippen LogP) is 3.58. The van der Waals surface area contributed by atoms with Crippen LogP contribution in [0, 0.1) is 0 Å². The van der Waals surface area contributed by atoms with Gasteiger partial charge in [0, 0.05) is 13.0 Å². The number of rotatable bonds is 6. The Hall–Kier alpha value is -3.35. The number of amides is 2. The lowest BCUT2D eigenvalue weighted by Gasteiger charge is -2.40. The van der Waals surface area contributed by atoms with Crippen molar-refractivity contribution in [1.29, 1.82) is 0 Å². The summed E-state index contributed by atoms with van der Waals surface area (Å²) in [6, 6.07) is 17.9. The number of anilines is 1. The lowest BCUT2D eigenvalue weighted by atomic mass is 9.95. The predicted molar refractivity (Wildman–Crippen MR) is 106 cm³/mol. The molecule has 3 aromatic rings. The average molecular weight is 377 g/mol. The Labute approximate surface area is 163 Å². The van der Waals surface area contributed by atoms with Crippen molar-refractivity contribution in [2.24, 2.45) is 0 Å². The summed E-state index contributed by atoms with van der Waals surface area (Å²) in [4.78, 5) is 18.8. The molecule has 0 radical (unpaired) electrons. The van der Waals surface area contributed by atoms with E-state index in [-0.39, 0.29) is 12.1 Å². The summed E-state index contributed by atoms with van der Waals surface area (Å²) >= 11 is 0. The molecule has 0 saturated carbocycles. The molecule has 0 unspecified atom stereocenters. The van der Waals surface area contributed by atoms with Crippen molar-refractivity contribution < 1.29 is 9.53 Å². The average Bonchev–Trinajstić information content (AvgIpc) is 3.13. The number of methoxy groups -OCH3 is 1. The Morgan fingerprint density at radius 2 is 2.07 bits per heavy atom. The van der Waals surface area contributed by atoms with Gasteiger partial charge in [-0.15, -0.1) is 5.10 Å². The zero-order valence-corrected chi connectivity index (χ0v) is 15.8.